The van der Waals surface area contributed by atoms with E-state index in [9.17, 15) is 4.79 Å². The lowest BCUT2D eigenvalue weighted by Crippen LogP contribution is -2.43. The minimum absolute atomic E-state index is 0.0873. The average molecular weight is 436 g/mol. The minimum atomic E-state index is -0.158. The summed E-state index contributed by atoms with van der Waals surface area (Å²) in [6.07, 6.45) is 6.38. The van der Waals surface area contributed by atoms with Crippen molar-refractivity contribution >= 4 is 32.7 Å². The number of hydrogen-bond donors (Lipinski definition) is 1. The first kappa shape index (κ1) is 20.4. The maximum atomic E-state index is 13.0. The highest BCUT2D eigenvalue weighted by Gasteiger charge is 2.34. The van der Waals surface area contributed by atoms with E-state index in [1.165, 1.54) is 28.7 Å². The van der Waals surface area contributed by atoms with Crippen LogP contribution in [0.3, 0.4) is 0 Å². The number of aromatic nitrogens is 2. The molecule has 1 atom stereocenters. The topological polar surface area (TPSA) is 61.4 Å². The Morgan fingerprint density at radius 1 is 1.23 bits per heavy atom. The number of anilines is 1. The molecule has 0 bridgehead atoms. The van der Waals surface area contributed by atoms with E-state index in [1.807, 2.05) is 36.5 Å². The van der Waals surface area contributed by atoms with Crippen LogP contribution in [0.25, 0.3) is 10.3 Å². The summed E-state index contributed by atoms with van der Waals surface area (Å²) in [7, 11) is 4.20. The molecule has 1 aromatic carbocycles. The molecule has 1 saturated heterocycles. The Bertz CT molecular complexity index is 1080. The Balaban J connectivity index is 1.39. The van der Waals surface area contributed by atoms with Gasteiger partial charge in [0.05, 0.1) is 4.70 Å². The second kappa shape index (κ2) is 8.55. The van der Waals surface area contributed by atoms with Gasteiger partial charge in [-0.3, -0.25) is 4.79 Å². The third kappa shape index (κ3) is 4.29. The summed E-state index contributed by atoms with van der Waals surface area (Å²) in [6, 6.07) is 9.91. The molecule has 3 aromatic rings. The van der Waals surface area contributed by atoms with Gasteiger partial charge in [-0.1, -0.05) is 41.7 Å². The number of hydrogen-bond acceptors (Lipinski definition) is 6. The molecule has 2 aliphatic rings. The van der Waals surface area contributed by atoms with E-state index in [1.54, 1.807) is 11.3 Å². The number of nitrogens with zero attached hydrogens (tertiary/aromatic N) is 4. The molecule has 1 aliphatic carbocycles. The lowest BCUT2D eigenvalue weighted by atomic mass is 10.1. The van der Waals surface area contributed by atoms with E-state index < -0.39 is 0 Å². The third-order valence-electron chi connectivity index (χ3n) is 6.11. The summed E-state index contributed by atoms with van der Waals surface area (Å²) in [5.41, 5.74) is 4.70. The van der Waals surface area contributed by atoms with Crippen molar-refractivity contribution in [2.45, 2.75) is 50.7 Å². The van der Waals surface area contributed by atoms with Crippen LogP contribution in [0.1, 0.15) is 48.3 Å². The van der Waals surface area contributed by atoms with Crippen molar-refractivity contribution in [2.24, 2.45) is 0 Å². The molecule has 7 heteroatoms. The van der Waals surface area contributed by atoms with Crippen LogP contribution in [-0.4, -0.2) is 47.5 Å². The quantitative estimate of drug-likeness (QED) is 0.610. The Morgan fingerprint density at radius 2 is 2.03 bits per heavy atom. The van der Waals surface area contributed by atoms with Crippen molar-refractivity contribution in [3.8, 4) is 0 Å². The number of rotatable bonds is 7. The number of thiazole rings is 1. The summed E-state index contributed by atoms with van der Waals surface area (Å²) < 4.78 is 1.21. The van der Waals surface area contributed by atoms with Gasteiger partial charge in [0.25, 0.3) is 0 Å². The molecule has 31 heavy (non-hydrogen) atoms. The van der Waals surface area contributed by atoms with Crippen molar-refractivity contribution in [1.82, 2.24) is 20.2 Å². The Hall–Kier alpha value is -2.51. The van der Waals surface area contributed by atoms with Gasteiger partial charge in [0.2, 0.25) is 5.91 Å². The van der Waals surface area contributed by atoms with Crippen molar-refractivity contribution < 1.29 is 4.79 Å². The van der Waals surface area contributed by atoms with Crippen LogP contribution in [0, 0.1) is 0 Å². The molecule has 1 amide bonds. The van der Waals surface area contributed by atoms with Gasteiger partial charge < -0.3 is 15.1 Å². The molecule has 0 unspecified atom stereocenters. The maximum Gasteiger partial charge on any atom is 0.243 e. The fraction of sp³-hybridized carbons (Fsp3) is 0.458. The van der Waals surface area contributed by atoms with E-state index in [4.69, 9.17) is 4.98 Å². The van der Waals surface area contributed by atoms with E-state index >= 15 is 0 Å². The first-order chi connectivity index (χ1) is 15.1. The first-order valence-corrected chi connectivity index (χ1v) is 11.9. The molecule has 5 rings (SSSR count). The standard InChI is InChI=1S/C24H29N5OS/c1-28(2)15-18-14-25-22-21(20(18)17-10-11-17)31-24(27-22)29-12-6-9-19(29)23(30)26-13-16-7-4-3-5-8-16/h3-5,7-8,14,17,19H,6,9-13,15H2,1-2H3,(H,26,30)/t19-/m1/s1. The van der Waals surface area contributed by atoms with Gasteiger partial charge in [0, 0.05) is 25.8 Å². The average Bonchev–Trinajstić information content (AvgIpc) is 3.31. The molecule has 2 aromatic heterocycles. The zero-order chi connectivity index (χ0) is 21.4. The summed E-state index contributed by atoms with van der Waals surface area (Å²) >= 11 is 1.72. The second-order valence-corrected chi connectivity index (χ2v) is 9.89. The largest absolute Gasteiger partial charge is 0.350 e. The van der Waals surface area contributed by atoms with Crippen LogP contribution in [0.4, 0.5) is 5.13 Å². The molecule has 3 heterocycles. The molecular formula is C24H29N5OS. The normalized spacial score (nSPS) is 18.8. The van der Waals surface area contributed by atoms with E-state index in [0.29, 0.717) is 12.5 Å². The number of pyridine rings is 1. The monoisotopic (exact) mass is 435 g/mol. The smallest absolute Gasteiger partial charge is 0.243 e. The molecule has 1 saturated carbocycles. The number of benzene rings is 1. The van der Waals surface area contributed by atoms with Gasteiger partial charge >= 0.3 is 0 Å². The predicted octanol–water partition coefficient (Wildman–Crippen LogP) is 3.92. The number of carbonyl (C=O) groups is 1. The molecule has 2 fully saturated rings. The highest BCUT2D eigenvalue weighted by Crippen LogP contribution is 2.47. The number of amides is 1. The van der Waals surface area contributed by atoms with E-state index in [0.717, 1.165) is 42.3 Å². The lowest BCUT2D eigenvalue weighted by molar-refractivity contribution is -0.122. The zero-order valence-electron chi connectivity index (χ0n) is 18.2. The number of fused-ring (bicyclic) bond motifs is 1. The van der Waals surface area contributed by atoms with Gasteiger partial charge in [-0.15, -0.1) is 0 Å². The molecule has 6 nitrogen and oxygen atoms in total. The minimum Gasteiger partial charge on any atom is -0.350 e. The summed E-state index contributed by atoms with van der Waals surface area (Å²) in [6.45, 7) is 2.33. The SMILES string of the molecule is CN(C)Cc1cnc2nc(N3CCC[C@@H]3C(=O)NCc3ccccc3)sc2c1C1CC1. The highest BCUT2D eigenvalue weighted by molar-refractivity contribution is 7.22. The van der Waals surface area contributed by atoms with Crippen LogP contribution in [0.5, 0.6) is 0 Å². The maximum absolute atomic E-state index is 13.0. The molecule has 1 N–H and O–H groups in total. The van der Waals surface area contributed by atoms with E-state index in [2.05, 4.69) is 34.2 Å². The molecular weight excluding hydrogens is 406 g/mol. The number of nitrogens with one attached hydrogen (secondary N) is 1. The number of carbonyl (C=O) groups excluding carboxylic acids is 1. The van der Waals surface area contributed by atoms with Crippen LogP contribution >= 0.6 is 11.3 Å². The molecule has 0 spiro atoms. The molecule has 1 aliphatic heterocycles. The van der Waals surface area contributed by atoms with Gasteiger partial charge in [-0.25, -0.2) is 4.98 Å². The Morgan fingerprint density at radius 3 is 2.77 bits per heavy atom. The Kier molecular flexibility index (Phi) is 5.63. The van der Waals surface area contributed by atoms with Crippen molar-refractivity contribution in [2.75, 3.05) is 25.5 Å². The van der Waals surface area contributed by atoms with Crippen LogP contribution < -0.4 is 10.2 Å². The Labute approximate surface area is 187 Å². The summed E-state index contributed by atoms with van der Waals surface area (Å²) in [5, 5.41) is 4.05. The van der Waals surface area contributed by atoms with Crippen LogP contribution in [-0.2, 0) is 17.9 Å². The van der Waals surface area contributed by atoms with Crippen LogP contribution in [0.2, 0.25) is 0 Å². The molecule has 162 valence electrons. The van der Waals surface area contributed by atoms with Crippen molar-refractivity contribution in [3.63, 3.8) is 0 Å². The first-order valence-electron chi connectivity index (χ1n) is 11.1. The highest BCUT2D eigenvalue weighted by atomic mass is 32.1. The van der Waals surface area contributed by atoms with Crippen LogP contribution in [0.15, 0.2) is 36.5 Å². The van der Waals surface area contributed by atoms with Gasteiger partial charge in [0.15, 0.2) is 10.8 Å². The second-order valence-electron chi connectivity index (χ2n) is 8.91. The summed E-state index contributed by atoms with van der Waals surface area (Å²) in [5.74, 6) is 0.724. The predicted molar refractivity (Wildman–Crippen MR) is 125 cm³/mol. The zero-order valence-corrected chi connectivity index (χ0v) is 19.0. The third-order valence-corrected chi connectivity index (χ3v) is 7.23. The lowest BCUT2D eigenvalue weighted by Gasteiger charge is -2.23. The fourth-order valence-corrected chi connectivity index (χ4v) is 5.75. The van der Waals surface area contributed by atoms with Gasteiger partial charge in [-0.2, -0.15) is 4.98 Å². The fourth-order valence-electron chi connectivity index (χ4n) is 4.50. The molecule has 0 radical (unpaired) electrons. The van der Waals surface area contributed by atoms with E-state index in [-0.39, 0.29) is 11.9 Å². The van der Waals surface area contributed by atoms with Crippen molar-refractivity contribution in [1.29, 1.82) is 0 Å². The van der Waals surface area contributed by atoms with Crippen molar-refractivity contribution in [3.05, 3.63) is 53.2 Å². The van der Waals surface area contributed by atoms with Gasteiger partial charge in [0.1, 0.15) is 6.04 Å². The summed E-state index contributed by atoms with van der Waals surface area (Å²) in [4.78, 5) is 26.9. The van der Waals surface area contributed by atoms with Gasteiger partial charge in [-0.05, 0) is 62.4 Å².